The number of nitrogens with one attached hydrogen (secondary N) is 1. The van der Waals surface area contributed by atoms with Gasteiger partial charge in [0.2, 0.25) is 5.89 Å². The summed E-state index contributed by atoms with van der Waals surface area (Å²) in [5.41, 5.74) is 1.30. The summed E-state index contributed by atoms with van der Waals surface area (Å²) >= 11 is 7.42. The van der Waals surface area contributed by atoms with Crippen molar-refractivity contribution in [2.45, 2.75) is 17.6 Å². The van der Waals surface area contributed by atoms with Gasteiger partial charge in [-0.25, -0.2) is 14.5 Å². The van der Waals surface area contributed by atoms with E-state index in [9.17, 15) is 9.59 Å². The molecule has 1 amide bonds. The number of hydrogen-bond donors (Lipinski definition) is 1. The van der Waals surface area contributed by atoms with E-state index in [0.717, 1.165) is 0 Å². The van der Waals surface area contributed by atoms with Crippen LogP contribution >= 0.6 is 23.4 Å². The molecule has 0 atom stereocenters. The molecule has 168 valence electrons. The SMILES string of the molecule is Cc1noc(CSc2ccccc2C(=O)OCC(=O)Nc2cc(Cl)ccc2-n2cncn2)n1. The molecule has 4 aromatic rings. The summed E-state index contributed by atoms with van der Waals surface area (Å²) in [6.45, 7) is 1.25. The van der Waals surface area contributed by atoms with Crippen LogP contribution < -0.4 is 5.32 Å². The smallest absolute Gasteiger partial charge is 0.339 e. The molecule has 0 aliphatic rings. The van der Waals surface area contributed by atoms with Gasteiger partial charge in [-0.1, -0.05) is 28.9 Å². The molecule has 2 heterocycles. The highest BCUT2D eigenvalue weighted by molar-refractivity contribution is 7.98. The lowest BCUT2D eigenvalue weighted by Gasteiger charge is -2.12. The molecule has 4 rings (SSSR count). The predicted molar refractivity (Wildman–Crippen MR) is 120 cm³/mol. The van der Waals surface area contributed by atoms with Crippen molar-refractivity contribution in [3.63, 3.8) is 0 Å². The molecule has 0 fully saturated rings. The van der Waals surface area contributed by atoms with E-state index >= 15 is 0 Å². The molecule has 2 aromatic carbocycles. The molecule has 0 aliphatic heterocycles. The zero-order valence-corrected chi connectivity index (χ0v) is 18.8. The molecular formula is C21H17ClN6O4S. The second kappa shape index (κ2) is 10.3. The molecule has 0 radical (unpaired) electrons. The fourth-order valence-electron chi connectivity index (χ4n) is 2.84. The number of esters is 1. The van der Waals surface area contributed by atoms with Gasteiger partial charge in [0.25, 0.3) is 5.91 Å². The van der Waals surface area contributed by atoms with E-state index in [-0.39, 0.29) is 0 Å². The second-order valence-corrected chi connectivity index (χ2v) is 8.10. The lowest BCUT2D eigenvalue weighted by Crippen LogP contribution is -2.22. The maximum atomic E-state index is 12.6. The number of hydrogen-bond acceptors (Lipinski definition) is 9. The van der Waals surface area contributed by atoms with E-state index in [1.807, 2.05) is 0 Å². The lowest BCUT2D eigenvalue weighted by molar-refractivity contribution is -0.119. The third-order valence-corrected chi connectivity index (χ3v) is 5.55. The van der Waals surface area contributed by atoms with Crippen LogP contribution in [0.5, 0.6) is 0 Å². The maximum Gasteiger partial charge on any atom is 0.339 e. The predicted octanol–water partition coefficient (Wildman–Crippen LogP) is 3.70. The standard InChI is InChI=1S/C21H17ClN6O4S/c1-13-25-20(32-27-13)10-33-18-5-3-2-4-15(18)21(30)31-9-19(29)26-16-8-14(22)6-7-17(16)28-12-23-11-24-28/h2-8,11-12H,9-10H2,1H3,(H,26,29). The van der Waals surface area contributed by atoms with Crippen molar-refractivity contribution < 1.29 is 18.8 Å². The zero-order chi connectivity index (χ0) is 23.2. The molecule has 0 saturated carbocycles. The second-order valence-electron chi connectivity index (χ2n) is 6.65. The van der Waals surface area contributed by atoms with Crippen molar-refractivity contribution in [2.75, 3.05) is 11.9 Å². The Balaban J connectivity index is 1.39. The summed E-state index contributed by atoms with van der Waals surface area (Å²) in [6, 6.07) is 11.9. The number of carbonyl (C=O) groups excluding carboxylic acids is 2. The van der Waals surface area contributed by atoms with Gasteiger partial charge in [-0.05, 0) is 37.3 Å². The molecule has 0 saturated heterocycles. The monoisotopic (exact) mass is 484 g/mol. The quantitative estimate of drug-likeness (QED) is 0.294. The van der Waals surface area contributed by atoms with Gasteiger partial charge in [-0.15, -0.1) is 11.8 Å². The Morgan fingerprint density at radius 3 is 2.85 bits per heavy atom. The van der Waals surface area contributed by atoms with Gasteiger partial charge >= 0.3 is 5.97 Å². The van der Waals surface area contributed by atoms with Crippen molar-refractivity contribution >= 4 is 40.9 Å². The molecule has 0 spiro atoms. The molecule has 0 bridgehead atoms. The Morgan fingerprint density at radius 1 is 1.24 bits per heavy atom. The van der Waals surface area contributed by atoms with Crippen LogP contribution in [0.3, 0.4) is 0 Å². The van der Waals surface area contributed by atoms with Crippen LogP contribution in [0.15, 0.2) is 64.5 Å². The normalized spacial score (nSPS) is 10.7. The Morgan fingerprint density at radius 2 is 2.09 bits per heavy atom. The summed E-state index contributed by atoms with van der Waals surface area (Å²) in [7, 11) is 0. The molecule has 33 heavy (non-hydrogen) atoms. The van der Waals surface area contributed by atoms with E-state index in [0.29, 0.717) is 44.3 Å². The molecule has 0 aliphatic carbocycles. The van der Waals surface area contributed by atoms with E-state index in [1.54, 1.807) is 49.4 Å². The van der Waals surface area contributed by atoms with Crippen LogP contribution in [0, 0.1) is 6.92 Å². The summed E-state index contributed by atoms with van der Waals surface area (Å²) in [6.07, 6.45) is 2.86. The Hall–Kier alpha value is -3.70. The van der Waals surface area contributed by atoms with E-state index in [1.165, 1.54) is 29.1 Å². The number of amides is 1. The molecule has 1 N–H and O–H groups in total. The lowest BCUT2D eigenvalue weighted by atomic mass is 10.2. The van der Waals surface area contributed by atoms with Crippen molar-refractivity contribution in [3.8, 4) is 5.69 Å². The van der Waals surface area contributed by atoms with Crippen LogP contribution in [0.2, 0.25) is 5.02 Å². The summed E-state index contributed by atoms with van der Waals surface area (Å²) in [4.78, 5) is 33.8. The van der Waals surface area contributed by atoms with Gasteiger partial charge in [-0.2, -0.15) is 10.1 Å². The van der Waals surface area contributed by atoms with Crippen molar-refractivity contribution in [1.29, 1.82) is 0 Å². The third-order valence-electron chi connectivity index (χ3n) is 4.26. The minimum atomic E-state index is -0.627. The number of anilines is 1. The number of carbonyl (C=O) groups is 2. The maximum absolute atomic E-state index is 12.6. The largest absolute Gasteiger partial charge is 0.452 e. The van der Waals surface area contributed by atoms with Gasteiger partial charge in [0.05, 0.1) is 22.7 Å². The van der Waals surface area contributed by atoms with Gasteiger partial charge in [0.1, 0.15) is 12.7 Å². The Bertz CT molecular complexity index is 1280. The van der Waals surface area contributed by atoms with Crippen molar-refractivity contribution in [2.24, 2.45) is 0 Å². The Labute approximate surface area is 197 Å². The van der Waals surface area contributed by atoms with E-state index in [2.05, 4.69) is 25.5 Å². The molecule has 12 heteroatoms. The van der Waals surface area contributed by atoms with E-state index < -0.39 is 18.5 Å². The number of benzene rings is 2. The Kier molecular flexibility index (Phi) is 7.01. The number of aryl methyl sites for hydroxylation is 1. The fourth-order valence-corrected chi connectivity index (χ4v) is 3.89. The molecule has 2 aromatic heterocycles. The van der Waals surface area contributed by atoms with E-state index in [4.69, 9.17) is 20.9 Å². The summed E-state index contributed by atoms with van der Waals surface area (Å²) in [5.74, 6) is 0.225. The molecular weight excluding hydrogens is 468 g/mol. The van der Waals surface area contributed by atoms with Gasteiger partial charge < -0.3 is 14.6 Å². The topological polar surface area (TPSA) is 125 Å². The number of nitrogens with zero attached hydrogens (tertiary/aromatic N) is 5. The van der Waals surface area contributed by atoms with Crippen LogP contribution in [0.4, 0.5) is 5.69 Å². The first kappa shape index (κ1) is 22.5. The van der Waals surface area contributed by atoms with Gasteiger partial charge in [0, 0.05) is 9.92 Å². The minimum Gasteiger partial charge on any atom is -0.452 e. The highest BCUT2D eigenvalue weighted by atomic mass is 35.5. The van der Waals surface area contributed by atoms with Crippen molar-refractivity contribution in [1.82, 2.24) is 24.9 Å². The van der Waals surface area contributed by atoms with Gasteiger partial charge in [0.15, 0.2) is 12.4 Å². The van der Waals surface area contributed by atoms with Gasteiger partial charge in [-0.3, -0.25) is 4.79 Å². The first-order valence-corrected chi connectivity index (χ1v) is 11.0. The third kappa shape index (κ3) is 5.76. The van der Waals surface area contributed by atoms with Crippen LogP contribution in [-0.4, -0.2) is 43.4 Å². The van der Waals surface area contributed by atoms with Crippen molar-refractivity contribution in [3.05, 3.63) is 77.4 Å². The van der Waals surface area contributed by atoms with Crippen LogP contribution in [0.25, 0.3) is 5.69 Å². The first-order chi connectivity index (χ1) is 16.0. The van der Waals surface area contributed by atoms with Crippen LogP contribution in [0.1, 0.15) is 22.1 Å². The zero-order valence-electron chi connectivity index (χ0n) is 17.3. The average Bonchev–Trinajstić information content (AvgIpc) is 3.48. The van der Waals surface area contributed by atoms with Crippen LogP contribution in [-0.2, 0) is 15.3 Å². The minimum absolute atomic E-state index is 0.331. The first-order valence-electron chi connectivity index (χ1n) is 9.62. The number of aromatic nitrogens is 5. The molecule has 10 nitrogen and oxygen atoms in total. The number of halogens is 1. The fraction of sp³-hybridized carbons (Fsp3) is 0.143. The summed E-state index contributed by atoms with van der Waals surface area (Å²) < 4.78 is 11.8. The summed E-state index contributed by atoms with van der Waals surface area (Å²) in [5, 5.41) is 10.9. The number of rotatable bonds is 8. The number of ether oxygens (including phenoxy) is 1. The molecule has 0 unspecified atom stereocenters. The highest BCUT2D eigenvalue weighted by Gasteiger charge is 2.17. The number of thioether (sulfide) groups is 1. The average molecular weight is 485 g/mol. The highest BCUT2D eigenvalue weighted by Crippen LogP contribution is 2.27.